The maximum absolute atomic E-state index is 3.99. The summed E-state index contributed by atoms with van der Waals surface area (Å²) in [5.74, 6) is 0. The topological polar surface area (TPSA) is 15.3 Å². The minimum atomic E-state index is -0.348. The number of rotatable bonds is 7. The first-order valence-electron chi connectivity index (χ1n) is 10.5. The van der Waals surface area contributed by atoms with Crippen molar-refractivity contribution in [3.8, 4) is 0 Å². The first-order chi connectivity index (χ1) is 13.9. The van der Waals surface area contributed by atoms with Crippen LogP contribution in [-0.2, 0) is 5.54 Å². The summed E-state index contributed by atoms with van der Waals surface area (Å²) in [6.45, 7) is 4.51. The number of nitrogens with zero attached hydrogens (tertiary/aromatic N) is 1. The highest BCUT2D eigenvalue weighted by Gasteiger charge is 2.35. The molecule has 0 spiro atoms. The van der Waals surface area contributed by atoms with E-state index in [-0.39, 0.29) is 5.54 Å². The lowest BCUT2D eigenvalue weighted by Crippen LogP contribution is -2.48. The van der Waals surface area contributed by atoms with Crippen LogP contribution in [0.2, 0.25) is 0 Å². The first kappa shape index (κ1) is 18.9. The fourth-order valence-electron chi connectivity index (χ4n) is 4.46. The molecule has 1 heterocycles. The minimum absolute atomic E-state index is 0.348. The van der Waals surface area contributed by atoms with E-state index in [4.69, 9.17) is 0 Å². The van der Waals surface area contributed by atoms with Gasteiger partial charge in [0, 0.05) is 13.1 Å². The van der Waals surface area contributed by atoms with Crippen LogP contribution in [0.5, 0.6) is 0 Å². The highest BCUT2D eigenvalue weighted by Crippen LogP contribution is 2.36. The summed E-state index contributed by atoms with van der Waals surface area (Å²) in [6, 6.07) is 32.6. The van der Waals surface area contributed by atoms with Gasteiger partial charge in [0.05, 0.1) is 5.54 Å². The number of piperidine rings is 1. The second kappa shape index (κ2) is 9.18. The van der Waals surface area contributed by atoms with Crippen molar-refractivity contribution < 1.29 is 0 Å². The van der Waals surface area contributed by atoms with Crippen LogP contribution < -0.4 is 5.32 Å². The van der Waals surface area contributed by atoms with E-state index in [0.717, 1.165) is 13.1 Å². The monoisotopic (exact) mass is 370 g/mol. The van der Waals surface area contributed by atoms with Crippen LogP contribution in [0.15, 0.2) is 91.0 Å². The molecule has 3 aromatic rings. The summed E-state index contributed by atoms with van der Waals surface area (Å²) >= 11 is 0. The van der Waals surface area contributed by atoms with Gasteiger partial charge in [-0.05, 0) is 42.6 Å². The van der Waals surface area contributed by atoms with E-state index in [1.165, 1.54) is 49.0 Å². The number of nitrogens with one attached hydrogen (secondary N) is 1. The summed E-state index contributed by atoms with van der Waals surface area (Å²) in [4.78, 5) is 2.60. The molecule has 1 N–H and O–H groups in total. The van der Waals surface area contributed by atoms with Gasteiger partial charge in [-0.2, -0.15) is 0 Å². The number of likely N-dealkylation sites (tertiary alicyclic amines) is 1. The fourth-order valence-corrected chi connectivity index (χ4v) is 4.46. The summed E-state index contributed by atoms with van der Waals surface area (Å²) < 4.78 is 0. The average Bonchev–Trinajstić information content (AvgIpc) is 2.79. The third-order valence-electron chi connectivity index (χ3n) is 5.89. The van der Waals surface area contributed by atoms with Crippen molar-refractivity contribution in [2.24, 2.45) is 0 Å². The normalized spacial score (nSPS) is 15.4. The Kier molecular flexibility index (Phi) is 6.20. The maximum atomic E-state index is 3.99. The van der Waals surface area contributed by atoms with E-state index in [9.17, 15) is 0 Å². The van der Waals surface area contributed by atoms with Crippen LogP contribution in [0, 0.1) is 0 Å². The standard InChI is InChI=1S/C26H30N2/c1-5-13-23(14-6-1)26(24-15-7-2-8-16-24,25-17-9-3-10-18-25)27-19-22-28-20-11-4-12-21-28/h1-3,5-10,13-18,27H,4,11-12,19-22H2. The molecule has 0 atom stereocenters. The minimum Gasteiger partial charge on any atom is -0.302 e. The third kappa shape index (κ3) is 4.04. The third-order valence-corrected chi connectivity index (χ3v) is 5.89. The van der Waals surface area contributed by atoms with Crippen molar-refractivity contribution in [3.05, 3.63) is 108 Å². The molecule has 3 aromatic carbocycles. The lowest BCUT2D eigenvalue weighted by atomic mass is 9.77. The van der Waals surface area contributed by atoms with Crippen molar-refractivity contribution in [2.75, 3.05) is 26.2 Å². The zero-order valence-electron chi connectivity index (χ0n) is 16.6. The molecule has 0 radical (unpaired) electrons. The number of benzene rings is 3. The fraction of sp³-hybridized carbons (Fsp3) is 0.308. The van der Waals surface area contributed by atoms with Gasteiger partial charge in [-0.25, -0.2) is 0 Å². The van der Waals surface area contributed by atoms with E-state index in [2.05, 4.69) is 101 Å². The van der Waals surface area contributed by atoms with Crippen molar-refractivity contribution in [3.63, 3.8) is 0 Å². The van der Waals surface area contributed by atoms with Crippen LogP contribution in [0.25, 0.3) is 0 Å². The second-order valence-corrected chi connectivity index (χ2v) is 7.68. The van der Waals surface area contributed by atoms with Gasteiger partial charge in [0.1, 0.15) is 0 Å². The molecule has 0 amide bonds. The van der Waals surface area contributed by atoms with Gasteiger partial charge < -0.3 is 4.90 Å². The van der Waals surface area contributed by atoms with E-state index >= 15 is 0 Å². The maximum Gasteiger partial charge on any atom is 0.0948 e. The van der Waals surface area contributed by atoms with E-state index in [0.29, 0.717) is 0 Å². The molecule has 144 valence electrons. The molecular formula is C26H30N2. The van der Waals surface area contributed by atoms with Crippen molar-refractivity contribution in [1.82, 2.24) is 10.2 Å². The lowest BCUT2D eigenvalue weighted by molar-refractivity contribution is 0.223. The summed E-state index contributed by atoms with van der Waals surface area (Å²) in [7, 11) is 0. The SMILES string of the molecule is c1ccc(C(NCCN2CCCCC2)(c2ccccc2)c2ccccc2)cc1. The highest BCUT2D eigenvalue weighted by atomic mass is 15.1. The van der Waals surface area contributed by atoms with Gasteiger partial charge in [0.25, 0.3) is 0 Å². The van der Waals surface area contributed by atoms with Crippen LogP contribution in [0.1, 0.15) is 36.0 Å². The Morgan fingerprint density at radius 3 is 1.46 bits per heavy atom. The van der Waals surface area contributed by atoms with Crippen molar-refractivity contribution in [1.29, 1.82) is 0 Å². The molecule has 1 fully saturated rings. The first-order valence-corrected chi connectivity index (χ1v) is 10.5. The molecule has 1 saturated heterocycles. The summed E-state index contributed by atoms with van der Waals surface area (Å²) in [5, 5.41) is 3.99. The van der Waals surface area contributed by atoms with Gasteiger partial charge in [-0.1, -0.05) is 97.4 Å². The zero-order valence-corrected chi connectivity index (χ0v) is 16.6. The summed E-state index contributed by atoms with van der Waals surface area (Å²) in [5.41, 5.74) is 3.50. The Labute approximate surface area is 169 Å². The molecular weight excluding hydrogens is 340 g/mol. The zero-order chi connectivity index (χ0) is 19.1. The Bertz CT molecular complexity index is 727. The van der Waals surface area contributed by atoms with Crippen LogP contribution in [-0.4, -0.2) is 31.1 Å². The van der Waals surface area contributed by atoms with Gasteiger partial charge in [0.15, 0.2) is 0 Å². The average molecular weight is 371 g/mol. The van der Waals surface area contributed by atoms with Gasteiger partial charge in [-0.15, -0.1) is 0 Å². The predicted molar refractivity (Wildman–Crippen MR) is 118 cm³/mol. The Morgan fingerprint density at radius 1 is 0.607 bits per heavy atom. The van der Waals surface area contributed by atoms with Crippen molar-refractivity contribution >= 4 is 0 Å². The molecule has 4 rings (SSSR count). The molecule has 1 aliphatic rings. The Balaban J connectivity index is 1.72. The van der Waals surface area contributed by atoms with Crippen LogP contribution >= 0.6 is 0 Å². The van der Waals surface area contributed by atoms with E-state index in [1.54, 1.807) is 0 Å². The molecule has 0 saturated carbocycles. The Hall–Kier alpha value is -2.42. The Morgan fingerprint density at radius 2 is 1.04 bits per heavy atom. The molecule has 0 unspecified atom stereocenters. The molecule has 1 aliphatic heterocycles. The number of hydrogen-bond acceptors (Lipinski definition) is 2. The molecule has 2 nitrogen and oxygen atoms in total. The molecule has 0 aromatic heterocycles. The highest BCUT2D eigenvalue weighted by molar-refractivity contribution is 5.49. The van der Waals surface area contributed by atoms with Gasteiger partial charge in [-0.3, -0.25) is 5.32 Å². The molecule has 2 heteroatoms. The van der Waals surface area contributed by atoms with Gasteiger partial charge >= 0.3 is 0 Å². The van der Waals surface area contributed by atoms with Gasteiger partial charge in [0.2, 0.25) is 0 Å². The quantitative estimate of drug-likeness (QED) is 0.585. The second-order valence-electron chi connectivity index (χ2n) is 7.68. The lowest BCUT2D eigenvalue weighted by Gasteiger charge is -2.38. The molecule has 0 aliphatic carbocycles. The van der Waals surface area contributed by atoms with Crippen molar-refractivity contribution in [2.45, 2.75) is 24.8 Å². The van der Waals surface area contributed by atoms with E-state index in [1.807, 2.05) is 0 Å². The van der Waals surface area contributed by atoms with Crippen LogP contribution in [0.3, 0.4) is 0 Å². The smallest absolute Gasteiger partial charge is 0.0948 e. The molecule has 0 bridgehead atoms. The molecule has 28 heavy (non-hydrogen) atoms. The predicted octanol–water partition coefficient (Wildman–Crippen LogP) is 5.05. The largest absolute Gasteiger partial charge is 0.302 e. The van der Waals surface area contributed by atoms with Crippen LogP contribution in [0.4, 0.5) is 0 Å². The number of hydrogen-bond donors (Lipinski definition) is 1. The van der Waals surface area contributed by atoms with E-state index < -0.39 is 0 Å². The summed E-state index contributed by atoms with van der Waals surface area (Å²) in [6.07, 6.45) is 4.05.